The van der Waals surface area contributed by atoms with Crippen molar-refractivity contribution in [2.75, 3.05) is 5.32 Å². The van der Waals surface area contributed by atoms with Crippen molar-refractivity contribution in [2.45, 2.75) is 13.0 Å². The minimum Gasteiger partial charge on any atom is -0.320 e. The van der Waals surface area contributed by atoms with Crippen LogP contribution in [0.15, 0.2) is 22.8 Å². The highest BCUT2D eigenvalue weighted by molar-refractivity contribution is 9.10. The van der Waals surface area contributed by atoms with Crippen LogP contribution < -0.4 is 11.1 Å². The molecule has 0 aliphatic heterocycles. The zero-order valence-electron chi connectivity index (χ0n) is 7.12. The highest BCUT2D eigenvalue weighted by atomic mass is 79.9. The largest absolute Gasteiger partial charge is 0.320 e. The number of anilines is 1. The van der Waals surface area contributed by atoms with E-state index in [2.05, 4.69) is 26.2 Å². The molecule has 1 aromatic rings. The predicted octanol–water partition coefficient (Wildman–Crippen LogP) is 1.13. The molecule has 0 saturated carbocycles. The van der Waals surface area contributed by atoms with Gasteiger partial charge in [-0.3, -0.25) is 4.79 Å². The molecule has 0 spiro atoms. The van der Waals surface area contributed by atoms with Crippen LogP contribution in [0.4, 0.5) is 5.82 Å². The number of amides is 1. The van der Waals surface area contributed by atoms with Crippen LogP contribution in [0, 0.1) is 0 Å². The second-order valence-corrected chi connectivity index (χ2v) is 3.47. The normalized spacial score (nSPS) is 12.2. The molecule has 0 bridgehead atoms. The van der Waals surface area contributed by atoms with Crippen molar-refractivity contribution >= 4 is 27.7 Å². The Morgan fingerprint density at radius 1 is 1.77 bits per heavy atom. The van der Waals surface area contributed by atoms with Gasteiger partial charge in [0.25, 0.3) is 0 Å². The van der Waals surface area contributed by atoms with Gasteiger partial charge in [-0.25, -0.2) is 4.98 Å². The van der Waals surface area contributed by atoms with E-state index in [0.29, 0.717) is 5.82 Å². The van der Waals surface area contributed by atoms with Crippen LogP contribution in [-0.4, -0.2) is 16.9 Å². The summed E-state index contributed by atoms with van der Waals surface area (Å²) in [5.74, 6) is 0.240. The first-order chi connectivity index (χ1) is 6.11. The average Bonchev–Trinajstić information content (AvgIpc) is 2.08. The molecule has 0 aliphatic carbocycles. The van der Waals surface area contributed by atoms with Crippen LogP contribution in [0.2, 0.25) is 0 Å². The van der Waals surface area contributed by atoms with Crippen LogP contribution in [0.1, 0.15) is 6.92 Å². The van der Waals surface area contributed by atoms with E-state index in [1.165, 1.54) is 0 Å². The van der Waals surface area contributed by atoms with Crippen LogP contribution in [0.3, 0.4) is 0 Å². The van der Waals surface area contributed by atoms with Crippen molar-refractivity contribution < 1.29 is 4.79 Å². The van der Waals surface area contributed by atoms with Crippen molar-refractivity contribution in [1.29, 1.82) is 0 Å². The van der Waals surface area contributed by atoms with Crippen molar-refractivity contribution in [3.8, 4) is 0 Å². The van der Waals surface area contributed by atoms with Crippen LogP contribution in [0.5, 0.6) is 0 Å². The number of hydrogen-bond donors (Lipinski definition) is 2. The van der Waals surface area contributed by atoms with Crippen molar-refractivity contribution in [3.63, 3.8) is 0 Å². The first-order valence-corrected chi connectivity index (χ1v) is 4.57. The molecule has 1 amide bonds. The molecular formula is C8H10BrN3O. The molecule has 70 valence electrons. The van der Waals surface area contributed by atoms with Gasteiger partial charge in [0.05, 0.1) is 10.5 Å². The lowest BCUT2D eigenvalue weighted by Crippen LogP contribution is -2.32. The minimum absolute atomic E-state index is 0.251. The molecule has 3 N–H and O–H groups in total. The minimum atomic E-state index is -0.533. The molecule has 1 atom stereocenters. The van der Waals surface area contributed by atoms with E-state index < -0.39 is 6.04 Å². The molecule has 5 heteroatoms. The Kier molecular flexibility index (Phi) is 3.39. The summed E-state index contributed by atoms with van der Waals surface area (Å²) in [4.78, 5) is 15.1. The highest BCUT2D eigenvalue weighted by Crippen LogP contribution is 2.17. The summed E-state index contributed by atoms with van der Waals surface area (Å²) < 4.78 is 0.740. The number of carbonyl (C=O) groups excluding carboxylic acids is 1. The lowest BCUT2D eigenvalue weighted by Gasteiger charge is -2.07. The zero-order valence-corrected chi connectivity index (χ0v) is 8.71. The van der Waals surface area contributed by atoms with Crippen molar-refractivity contribution in [3.05, 3.63) is 22.8 Å². The lowest BCUT2D eigenvalue weighted by molar-refractivity contribution is -0.117. The van der Waals surface area contributed by atoms with E-state index >= 15 is 0 Å². The number of halogens is 1. The number of nitrogens with one attached hydrogen (secondary N) is 1. The van der Waals surface area contributed by atoms with Gasteiger partial charge in [0.1, 0.15) is 5.82 Å². The van der Waals surface area contributed by atoms with Crippen molar-refractivity contribution in [1.82, 2.24) is 4.98 Å². The fourth-order valence-corrected chi connectivity index (χ4v) is 1.06. The maximum Gasteiger partial charge on any atom is 0.242 e. The third-order valence-electron chi connectivity index (χ3n) is 1.41. The second kappa shape index (κ2) is 4.34. The molecule has 1 unspecified atom stereocenters. The Bertz CT molecular complexity index is 314. The Labute approximate surface area is 84.7 Å². The van der Waals surface area contributed by atoms with Gasteiger partial charge < -0.3 is 11.1 Å². The summed E-state index contributed by atoms with van der Waals surface area (Å²) in [7, 11) is 0. The van der Waals surface area contributed by atoms with E-state index in [-0.39, 0.29) is 5.91 Å². The summed E-state index contributed by atoms with van der Waals surface area (Å²) in [5.41, 5.74) is 5.38. The monoisotopic (exact) mass is 243 g/mol. The number of aromatic nitrogens is 1. The molecule has 0 fully saturated rings. The summed E-state index contributed by atoms with van der Waals surface area (Å²) in [6.07, 6.45) is 1.60. The fraction of sp³-hybridized carbons (Fsp3) is 0.250. The highest BCUT2D eigenvalue weighted by Gasteiger charge is 2.09. The van der Waals surface area contributed by atoms with E-state index in [1.807, 2.05) is 0 Å². The zero-order chi connectivity index (χ0) is 9.84. The van der Waals surface area contributed by atoms with Gasteiger partial charge in [0.2, 0.25) is 5.91 Å². The third kappa shape index (κ3) is 2.78. The molecule has 1 heterocycles. The summed E-state index contributed by atoms with van der Waals surface area (Å²) in [6.45, 7) is 1.62. The van der Waals surface area contributed by atoms with Gasteiger partial charge in [-0.1, -0.05) is 0 Å². The maximum atomic E-state index is 11.2. The third-order valence-corrected chi connectivity index (χ3v) is 2.05. The van der Waals surface area contributed by atoms with Crippen molar-refractivity contribution in [2.24, 2.45) is 5.73 Å². The first kappa shape index (κ1) is 10.1. The Morgan fingerprint density at radius 3 is 3.00 bits per heavy atom. The standard InChI is InChI=1S/C8H10BrN3O/c1-5(10)8(13)12-7-6(9)3-2-4-11-7/h2-5H,10H2,1H3,(H,11,12,13). The topological polar surface area (TPSA) is 68.0 Å². The number of pyridine rings is 1. The van der Waals surface area contributed by atoms with Gasteiger partial charge in [0.15, 0.2) is 0 Å². The van der Waals surface area contributed by atoms with E-state index in [4.69, 9.17) is 5.73 Å². The van der Waals surface area contributed by atoms with Gasteiger partial charge in [-0.2, -0.15) is 0 Å². The first-order valence-electron chi connectivity index (χ1n) is 3.78. The van der Waals surface area contributed by atoms with E-state index in [9.17, 15) is 4.79 Å². The quantitative estimate of drug-likeness (QED) is 0.819. The lowest BCUT2D eigenvalue weighted by atomic mass is 10.3. The van der Waals surface area contributed by atoms with Crippen LogP contribution in [-0.2, 0) is 4.79 Å². The van der Waals surface area contributed by atoms with Gasteiger partial charge in [0, 0.05) is 6.20 Å². The Hall–Kier alpha value is -0.940. The molecular weight excluding hydrogens is 234 g/mol. The number of nitrogens with zero attached hydrogens (tertiary/aromatic N) is 1. The predicted molar refractivity (Wildman–Crippen MR) is 54.2 cm³/mol. The Morgan fingerprint density at radius 2 is 2.46 bits per heavy atom. The number of nitrogens with two attached hydrogens (primary N) is 1. The van der Waals surface area contributed by atoms with Gasteiger partial charge >= 0.3 is 0 Å². The molecule has 4 nitrogen and oxygen atoms in total. The molecule has 1 rings (SSSR count). The maximum absolute atomic E-state index is 11.2. The number of rotatable bonds is 2. The van der Waals surface area contributed by atoms with E-state index in [0.717, 1.165) is 4.47 Å². The number of hydrogen-bond acceptors (Lipinski definition) is 3. The van der Waals surface area contributed by atoms with Gasteiger partial charge in [-0.05, 0) is 35.0 Å². The molecule has 0 saturated heterocycles. The summed E-state index contributed by atoms with van der Waals surface area (Å²) in [6, 6.07) is 3.03. The SMILES string of the molecule is CC(N)C(=O)Nc1ncccc1Br. The molecule has 0 aliphatic rings. The fourth-order valence-electron chi connectivity index (χ4n) is 0.708. The van der Waals surface area contributed by atoms with E-state index in [1.54, 1.807) is 25.3 Å². The average molecular weight is 244 g/mol. The smallest absolute Gasteiger partial charge is 0.242 e. The van der Waals surface area contributed by atoms with Crippen LogP contribution >= 0.6 is 15.9 Å². The number of carbonyl (C=O) groups is 1. The van der Waals surface area contributed by atoms with Crippen LogP contribution in [0.25, 0.3) is 0 Å². The summed E-state index contributed by atoms with van der Waals surface area (Å²) in [5, 5.41) is 2.59. The second-order valence-electron chi connectivity index (χ2n) is 2.61. The Balaban J connectivity index is 2.75. The van der Waals surface area contributed by atoms with Gasteiger partial charge in [-0.15, -0.1) is 0 Å². The molecule has 0 aromatic carbocycles. The molecule has 13 heavy (non-hydrogen) atoms. The molecule has 0 radical (unpaired) electrons. The summed E-state index contributed by atoms with van der Waals surface area (Å²) >= 11 is 3.26. The molecule has 1 aromatic heterocycles.